The van der Waals surface area contributed by atoms with Gasteiger partial charge in [0.1, 0.15) is 5.82 Å². The zero-order chi connectivity index (χ0) is 19.7. The number of amides is 1. The van der Waals surface area contributed by atoms with E-state index in [1.54, 1.807) is 0 Å². The quantitative estimate of drug-likeness (QED) is 0.802. The molecule has 0 radical (unpaired) electrons. The van der Waals surface area contributed by atoms with Gasteiger partial charge in [-0.25, -0.2) is 4.98 Å². The lowest BCUT2D eigenvalue weighted by Gasteiger charge is -2.39. The summed E-state index contributed by atoms with van der Waals surface area (Å²) in [5.41, 5.74) is 0.284. The predicted octanol–water partition coefficient (Wildman–Crippen LogP) is 3.77. The average molecular weight is 389 g/mol. The Hall–Kier alpha value is -2.57. The van der Waals surface area contributed by atoms with Gasteiger partial charge in [0.15, 0.2) is 0 Å². The molecule has 2 aromatic rings. The Labute approximate surface area is 162 Å². The van der Waals surface area contributed by atoms with Crippen LogP contribution >= 0.6 is 0 Å². The van der Waals surface area contributed by atoms with Crippen molar-refractivity contribution in [1.82, 2.24) is 9.88 Å². The van der Waals surface area contributed by atoms with E-state index in [4.69, 9.17) is 0 Å². The van der Waals surface area contributed by atoms with Crippen molar-refractivity contribution in [3.8, 4) is 0 Å². The van der Waals surface area contributed by atoms with Gasteiger partial charge in [-0.3, -0.25) is 4.79 Å². The Morgan fingerprint density at radius 2 is 1.86 bits per heavy atom. The van der Waals surface area contributed by atoms with Crippen LogP contribution in [0.5, 0.6) is 0 Å². The van der Waals surface area contributed by atoms with Crippen LogP contribution < -0.4 is 4.90 Å². The predicted molar refractivity (Wildman–Crippen MR) is 99.8 cm³/mol. The second kappa shape index (κ2) is 7.45. The summed E-state index contributed by atoms with van der Waals surface area (Å²) in [4.78, 5) is 20.8. The van der Waals surface area contributed by atoms with Crippen LogP contribution in [0.2, 0.25) is 0 Å². The third kappa shape index (κ3) is 3.84. The van der Waals surface area contributed by atoms with E-state index in [2.05, 4.69) is 4.98 Å². The number of nitrogens with zero attached hydrogens (tertiary/aromatic N) is 3. The molecule has 2 unspecified atom stereocenters. The Morgan fingerprint density at radius 1 is 1.11 bits per heavy atom. The Kier molecular flexibility index (Phi) is 5.00. The fourth-order valence-corrected chi connectivity index (χ4v) is 4.30. The summed E-state index contributed by atoms with van der Waals surface area (Å²) in [6.07, 6.45) is -1.02. The first kappa shape index (κ1) is 18.8. The summed E-state index contributed by atoms with van der Waals surface area (Å²) in [7, 11) is 0. The van der Waals surface area contributed by atoms with E-state index in [9.17, 15) is 18.0 Å². The fourth-order valence-electron chi connectivity index (χ4n) is 4.30. The van der Waals surface area contributed by atoms with Gasteiger partial charge in [0.25, 0.3) is 0 Å². The zero-order valence-corrected chi connectivity index (χ0v) is 15.4. The van der Waals surface area contributed by atoms with Gasteiger partial charge < -0.3 is 9.80 Å². The van der Waals surface area contributed by atoms with Crippen LogP contribution in [0.3, 0.4) is 0 Å². The van der Waals surface area contributed by atoms with E-state index in [1.165, 1.54) is 6.20 Å². The van der Waals surface area contributed by atoms with Crippen molar-refractivity contribution in [2.45, 2.75) is 31.5 Å². The van der Waals surface area contributed by atoms with Crippen LogP contribution in [0.1, 0.15) is 24.0 Å². The van der Waals surface area contributed by atoms with Crippen molar-refractivity contribution < 1.29 is 18.0 Å². The number of fused-ring (bicyclic) bond motifs is 1. The van der Waals surface area contributed by atoms with Crippen LogP contribution in [0, 0.1) is 5.92 Å². The molecule has 2 aliphatic heterocycles. The van der Waals surface area contributed by atoms with Crippen LogP contribution in [-0.2, 0) is 17.4 Å². The Morgan fingerprint density at radius 3 is 2.61 bits per heavy atom. The van der Waals surface area contributed by atoms with Gasteiger partial charge in [-0.15, -0.1) is 0 Å². The number of hydrogen-bond acceptors (Lipinski definition) is 3. The highest BCUT2D eigenvalue weighted by atomic mass is 19.4. The molecule has 4 nitrogen and oxygen atoms in total. The van der Waals surface area contributed by atoms with E-state index in [1.807, 2.05) is 40.1 Å². The Balaban J connectivity index is 1.48. The summed E-state index contributed by atoms with van der Waals surface area (Å²) >= 11 is 0. The molecule has 0 N–H and O–H groups in total. The van der Waals surface area contributed by atoms with Gasteiger partial charge in [0, 0.05) is 25.8 Å². The molecule has 2 fully saturated rings. The third-order valence-corrected chi connectivity index (χ3v) is 5.78. The molecular formula is C21H22F3N3O. The number of anilines is 1. The molecule has 0 spiro atoms. The molecule has 148 valence electrons. The summed E-state index contributed by atoms with van der Waals surface area (Å²) in [5, 5.41) is 0. The monoisotopic (exact) mass is 389 g/mol. The molecular weight excluding hydrogens is 367 g/mol. The molecule has 7 heteroatoms. The lowest BCUT2D eigenvalue weighted by molar-refractivity contribution is -0.137. The van der Waals surface area contributed by atoms with Gasteiger partial charge in [0.2, 0.25) is 5.91 Å². The number of aromatic nitrogens is 1. The molecule has 1 aromatic heterocycles. The van der Waals surface area contributed by atoms with Crippen LogP contribution in [0.15, 0.2) is 48.7 Å². The molecule has 2 atom stereocenters. The minimum Gasteiger partial charge on any atom is -0.355 e. The number of alkyl halides is 3. The lowest BCUT2D eigenvalue weighted by atomic mass is 9.92. The topological polar surface area (TPSA) is 36.4 Å². The summed E-state index contributed by atoms with van der Waals surface area (Å²) < 4.78 is 39.1. The number of piperidine rings is 1. The lowest BCUT2D eigenvalue weighted by Crippen LogP contribution is -2.50. The van der Waals surface area contributed by atoms with Crippen LogP contribution in [0.4, 0.5) is 19.0 Å². The normalized spacial score (nSPS) is 22.2. The number of carbonyl (C=O) groups is 1. The first-order chi connectivity index (χ1) is 13.4. The number of hydrogen-bond donors (Lipinski definition) is 0. The first-order valence-corrected chi connectivity index (χ1v) is 9.53. The zero-order valence-electron chi connectivity index (χ0n) is 15.4. The SMILES string of the molecule is O=C(Cc1ccccc1)N1CCC2CCN(c3cc(C(F)(F)F)ccn3)CC21. The number of carbonyl (C=O) groups excluding carboxylic acids is 1. The minimum atomic E-state index is -4.39. The van der Waals surface area contributed by atoms with Crippen molar-refractivity contribution >= 4 is 11.7 Å². The maximum Gasteiger partial charge on any atom is 0.416 e. The smallest absolute Gasteiger partial charge is 0.355 e. The van der Waals surface area contributed by atoms with Crippen molar-refractivity contribution in [2.24, 2.45) is 5.92 Å². The van der Waals surface area contributed by atoms with Gasteiger partial charge in [0.05, 0.1) is 18.0 Å². The van der Waals surface area contributed by atoms with Crippen molar-refractivity contribution in [3.63, 3.8) is 0 Å². The van der Waals surface area contributed by atoms with E-state index in [0.29, 0.717) is 37.8 Å². The highest BCUT2D eigenvalue weighted by Crippen LogP contribution is 2.35. The Bertz CT molecular complexity index is 840. The van der Waals surface area contributed by atoms with Gasteiger partial charge >= 0.3 is 6.18 Å². The first-order valence-electron chi connectivity index (χ1n) is 9.53. The summed E-state index contributed by atoms with van der Waals surface area (Å²) in [6, 6.07) is 11.7. The molecule has 3 heterocycles. The number of likely N-dealkylation sites (tertiary alicyclic amines) is 1. The van der Waals surface area contributed by atoms with Crippen LogP contribution in [-0.4, -0.2) is 41.5 Å². The highest BCUT2D eigenvalue weighted by molar-refractivity contribution is 5.79. The molecule has 2 aliphatic rings. The molecule has 1 amide bonds. The maximum absolute atomic E-state index is 13.0. The third-order valence-electron chi connectivity index (χ3n) is 5.78. The van der Waals surface area contributed by atoms with Gasteiger partial charge in [-0.1, -0.05) is 30.3 Å². The van der Waals surface area contributed by atoms with Crippen molar-refractivity contribution in [1.29, 1.82) is 0 Å². The number of rotatable bonds is 3. The van der Waals surface area contributed by atoms with Crippen molar-refractivity contribution in [2.75, 3.05) is 24.5 Å². The van der Waals surface area contributed by atoms with E-state index in [0.717, 1.165) is 30.5 Å². The second-order valence-corrected chi connectivity index (χ2v) is 7.50. The largest absolute Gasteiger partial charge is 0.416 e. The standard InChI is InChI=1S/C21H22F3N3O/c22-21(23,24)17-6-9-25-19(13-17)26-10-7-16-8-11-27(18(16)14-26)20(28)12-15-4-2-1-3-5-15/h1-6,9,13,16,18H,7-8,10-12,14H2. The highest BCUT2D eigenvalue weighted by Gasteiger charge is 2.41. The number of benzene rings is 1. The van der Waals surface area contributed by atoms with Gasteiger partial charge in [-0.05, 0) is 36.5 Å². The molecule has 28 heavy (non-hydrogen) atoms. The van der Waals surface area contributed by atoms with Gasteiger partial charge in [-0.2, -0.15) is 13.2 Å². The van der Waals surface area contributed by atoms with Crippen molar-refractivity contribution in [3.05, 3.63) is 59.8 Å². The maximum atomic E-state index is 13.0. The number of pyridine rings is 1. The fraction of sp³-hybridized carbons (Fsp3) is 0.429. The minimum absolute atomic E-state index is 0.0290. The van der Waals surface area contributed by atoms with E-state index < -0.39 is 11.7 Å². The summed E-state index contributed by atoms with van der Waals surface area (Å²) in [5.74, 6) is 0.815. The number of halogens is 3. The molecule has 2 saturated heterocycles. The van der Waals surface area contributed by atoms with Crippen LogP contribution in [0.25, 0.3) is 0 Å². The molecule has 0 bridgehead atoms. The van der Waals surface area contributed by atoms with E-state index in [-0.39, 0.29) is 11.9 Å². The molecule has 1 aromatic carbocycles. The molecule has 0 saturated carbocycles. The molecule has 4 rings (SSSR count). The molecule has 0 aliphatic carbocycles. The second-order valence-electron chi connectivity index (χ2n) is 7.50. The average Bonchev–Trinajstić information content (AvgIpc) is 3.11. The summed E-state index contributed by atoms with van der Waals surface area (Å²) in [6.45, 7) is 1.90. The van der Waals surface area contributed by atoms with E-state index >= 15 is 0 Å².